The quantitative estimate of drug-likeness (QED) is 0.413. The molecule has 0 N–H and O–H groups in total. The van der Waals surface area contributed by atoms with Crippen molar-refractivity contribution in [3.8, 4) is 11.3 Å². The van der Waals surface area contributed by atoms with Gasteiger partial charge in [0.1, 0.15) is 17.5 Å². The molecule has 2 aromatic carbocycles. The summed E-state index contributed by atoms with van der Waals surface area (Å²) >= 11 is 5.97. The minimum absolute atomic E-state index is 0.163. The summed E-state index contributed by atoms with van der Waals surface area (Å²) in [4.78, 5) is 27.2. The molecule has 32 heavy (non-hydrogen) atoms. The first kappa shape index (κ1) is 20.3. The van der Waals surface area contributed by atoms with Crippen molar-refractivity contribution in [2.24, 2.45) is 0 Å². The van der Waals surface area contributed by atoms with Crippen LogP contribution in [0.1, 0.15) is 22.4 Å². The summed E-state index contributed by atoms with van der Waals surface area (Å²) in [5, 5.41) is 5.33. The fourth-order valence-electron chi connectivity index (χ4n) is 3.89. The Morgan fingerprint density at radius 1 is 1.19 bits per heavy atom. The zero-order valence-corrected chi connectivity index (χ0v) is 18.1. The third-order valence-electron chi connectivity index (χ3n) is 5.62. The van der Waals surface area contributed by atoms with Crippen molar-refractivity contribution in [2.45, 2.75) is 19.9 Å². The molecule has 0 unspecified atom stereocenters. The van der Waals surface area contributed by atoms with Crippen molar-refractivity contribution < 1.29 is 13.7 Å². The second-order valence-corrected chi connectivity index (χ2v) is 8.24. The van der Waals surface area contributed by atoms with E-state index < -0.39 is 0 Å². The Morgan fingerprint density at radius 3 is 2.81 bits per heavy atom. The minimum atomic E-state index is -0.199. The topological polar surface area (TPSA) is 76.6 Å². The second kappa shape index (κ2) is 8.13. The van der Waals surface area contributed by atoms with E-state index in [1.54, 1.807) is 29.2 Å². The van der Waals surface area contributed by atoms with Crippen LogP contribution in [-0.2, 0) is 17.8 Å². The number of amides is 1. The van der Waals surface area contributed by atoms with Crippen LogP contribution in [0, 0.1) is 6.92 Å². The Morgan fingerprint density at radius 2 is 2.00 bits per heavy atom. The van der Waals surface area contributed by atoms with Gasteiger partial charge in [-0.15, -0.1) is 0 Å². The van der Waals surface area contributed by atoms with E-state index in [0.717, 1.165) is 22.4 Å². The minimum Gasteiger partial charge on any atom is -0.463 e. The van der Waals surface area contributed by atoms with Crippen LogP contribution in [0.15, 0.2) is 68.5 Å². The SMILES string of the molecule is Cc1ccc2occ(/C=C/C(=O)N3CCc4c(noc4-c4ccc(Cl)cc4)C3)c(=O)c2c1. The van der Waals surface area contributed by atoms with Crippen LogP contribution in [0.5, 0.6) is 0 Å². The van der Waals surface area contributed by atoms with Crippen LogP contribution in [0.25, 0.3) is 28.4 Å². The highest BCUT2D eigenvalue weighted by molar-refractivity contribution is 6.30. The molecule has 0 aliphatic carbocycles. The number of rotatable bonds is 3. The maximum absolute atomic E-state index is 12.8. The van der Waals surface area contributed by atoms with E-state index in [-0.39, 0.29) is 11.3 Å². The van der Waals surface area contributed by atoms with E-state index in [1.807, 2.05) is 25.1 Å². The average molecular weight is 447 g/mol. The first-order chi connectivity index (χ1) is 15.5. The number of halogens is 1. The number of benzene rings is 2. The lowest BCUT2D eigenvalue weighted by atomic mass is 10.0. The zero-order valence-electron chi connectivity index (χ0n) is 17.3. The van der Waals surface area contributed by atoms with E-state index in [1.165, 1.54) is 18.4 Å². The number of nitrogens with zero attached hydrogens (tertiary/aromatic N) is 2. The predicted octanol–water partition coefficient (Wildman–Crippen LogP) is 5.01. The van der Waals surface area contributed by atoms with Crippen LogP contribution >= 0.6 is 11.6 Å². The van der Waals surface area contributed by atoms with Crippen molar-refractivity contribution in [2.75, 3.05) is 6.54 Å². The highest BCUT2D eigenvalue weighted by atomic mass is 35.5. The van der Waals surface area contributed by atoms with E-state index in [9.17, 15) is 9.59 Å². The second-order valence-electron chi connectivity index (χ2n) is 7.81. The third-order valence-corrected chi connectivity index (χ3v) is 5.87. The number of aryl methyl sites for hydroxylation is 1. The molecule has 5 rings (SSSR count). The molecule has 1 aliphatic heterocycles. The molecule has 7 heteroatoms. The molecule has 0 saturated heterocycles. The van der Waals surface area contributed by atoms with Crippen LogP contribution in [0.2, 0.25) is 5.02 Å². The lowest BCUT2D eigenvalue weighted by Gasteiger charge is -2.24. The van der Waals surface area contributed by atoms with E-state index >= 15 is 0 Å². The Kier molecular flexibility index (Phi) is 5.15. The summed E-state index contributed by atoms with van der Waals surface area (Å²) in [6, 6.07) is 12.8. The summed E-state index contributed by atoms with van der Waals surface area (Å²) in [5.41, 5.74) is 4.31. The smallest absolute Gasteiger partial charge is 0.246 e. The van der Waals surface area contributed by atoms with Gasteiger partial charge in [0.25, 0.3) is 0 Å². The van der Waals surface area contributed by atoms with Gasteiger partial charge in [-0.2, -0.15) is 0 Å². The highest BCUT2D eigenvalue weighted by Crippen LogP contribution is 2.31. The fraction of sp³-hybridized carbons (Fsp3) is 0.160. The van der Waals surface area contributed by atoms with Crippen molar-refractivity contribution in [3.63, 3.8) is 0 Å². The van der Waals surface area contributed by atoms with Gasteiger partial charge in [-0.3, -0.25) is 9.59 Å². The predicted molar refractivity (Wildman–Crippen MR) is 122 cm³/mol. The Labute approximate surface area is 188 Å². The van der Waals surface area contributed by atoms with Gasteiger partial charge in [0, 0.05) is 28.8 Å². The molecular formula is C25H19ClN2O4. The summed E-state index contributed by atoms with van der Waals surface area (Å²) in [5.74, 6) is 0.513. The van der Waals surface area contributed by atoms with Crippen LogP contribution in [0.3, 0.4) is 0 Å². The molecule has 0 atom stereocenters. The number of hydrogen-bond donors (Lipinski definition) is 0. The number of fused-ring (bicyclic) bond motifs is 2. The van der Waals surface area contributed by atoms with Gasteiger partial charge in [-0.1, -0.05) is 28.4 Å². The molecule has 0 fully saturated rings. The molecule has 160 valence electrons. The van der Waals surface area contributed by atoms with Gasteiger partial charge in [0.2, 0.25) is 5.91 Å². The van der Waals surface area contributed by atoms with Gasteiger partial charge in [-0.25, -0.2) is 0 Å². The van der Waals surface area contributed by atoms with Crippen LogP contribution in [-0.4, -0.2) is 22.5 Å². The third kappa shape index (κ3) is 3.74. The van der Waals surface area contributed by atoms with Crippen molar-refractivity contribution in [1.29, 1.82) is 0 Å². The number of hydrogen-bond acceptors (Lipinski definition) is 5. The first-order valence-electron chi connectivity index (χ1n) is 10.2. The summed E-state index contributed by atoms with van der Waals surface area (Å²) < 4.78 is 11.1. The van der Waals surface area contributed by atoms with Crippen LogP contribution < -0.4 is 5.43 Å². The summed E-state index contributed by atoms with van der Waals surface area (Å²) in [7, 11) is 0. The fourth-order valence-corrected chi connectivity index (χ4v) is 4.01. The Hall–Kier alpha value is -3.64. The van der Waals surface area contributed by atoms with Gasteiger partial charge in [0.15, 0.2) is 11.2 Å². The maximum Gasteiger partial charge on any atom is 0.246 e. The summed E-state index contributed by atoms with van der Waals surface area (Å²) in [6.07, 6.45) is 4.92. The lowest BCUT2D eigenvalue weighted by Crippen LogP contribution is -2.34. The Bertz CT molecular complexity index is 1420. The molecule has 6 nitrogen and oxygen atoms in total. The monoisotopic (exact) mass is 446 g/mol. The van der Waals surface area contributed by atoms with Crippen molar-refractivity contribution in [1.82, 2.24) is 10.1 Å². The van der Waals surface area contributed by atoms with E-state index in [0.29, 0.717) is 46.8 Å². The molecule has 1 amide bonds. The lowest BCUT2D eigenvalue weighted by molar-refractivity contribution is -0.126. The van der Waals surface area contributed by atoms with E-state index in [4.69, 9.17) is 20.5 Å². The number of carbonyl (C=O) groups excluding carboxylic acids is 1. The van der Waals surface area contributed by atoms with Gasteiger partial charge < -0.3 is 13.8 Å². The molecule has 0 radical (unpaired) electrons. The molecular weight excluding hydrogens is 428 g/mol. The highest BCUT2D eigenvalue weighted by Gasteiger charge is 2.26. The normalized spacial score (nSPS) is 13.6. The van der Waals surface area contributed by atoms with Gasteiger partial charge in [0.05, 0.1) is 17.5 Å². The summed E-state index contributed by atoms with van der Waals surface area (Å²) in [6.45, 7) is 2.79. The van der Waals surface area contributed by atoms with Gasteiger partial charge in [-0.05, 0) is 55.8 Å². The molecule has 4 aromatic rings. The van der Waals surface area contributed by atoms with Gasteiger partial charge >= 0.3 is 0 Å². The van der Waals surface area contributed by atoms with E-state index in [2.05, 4.69) is 5.16 Å². The largest absolute Gasteiger partial charge is 0.463 e. The first-order valence-corrected chi connectivity index (χ1v) is 10.6. The average Bonchev–Trinajstić information content (AvgIpc) is 3.22. The van der Waals surface area contributed by atoms with Crippen molar-refractivity contribution in [3.05, 3.63) is 92.4 Å². The Balaban J connectivity index is 1.34. The molecule has 1 aliphatic rings. The maximum atomic E-state index is 12.8. The zero-order chi connectivity index (χ0) is 22.2. The standard InChI is InChI=1S/C25H19ClN2O4/c1-15-2-8-22-20(12-15)24(30)17(14-31-22)5-9-23(29)28-11-10-19-21(13-28)27-32-25(19)16-3-6-18(26)7-4-16/h2-9,12,14H,10-11,13H2,1H3/b9-5+. The molecule has 2 aromatic heterocycles. The molecule has 0 bridgehead atoms. The van der Waals surface area contributed by atoms with Crippen molar-refractivity contribution >= 4 is 34.6 Å². The molecule has 0 spiro atoms. The molecule has 0 saturated carbocycles. The molecule has 3 heterocycles. The van der Waals surface area contributed by atoms with Crippen LogP contribution in [0.4, 0.5) is 0 Å². The number of aromatic nitrogens is 1. The number of carbonyl (C=O) groups is 1.